The molecule has 1 aliphatic carbocycles. The Morgan fingerprint density at radius 1 is 1.15 bits per heavy atom. The van der Waals surface area contributed by atoms with Crippen LogP contribution < -0.4 is 15.4 Å². The van der Waals surface area contributed by atoms with E-state index < -0.39 is 22.0 Å². The Balaban J connectivity index is 1.30. The number of sulfonamides is 1. The molecule has 2 N–H and O–H groups in total. The summed E-state index contributed by atoms with van der Waals surface area (Å²) >= 11 is 0. The Kier molecular flexibility index (Phi) is 6.07. The second-order valence-corrected chi connectivity index (χ2v) is 11.2. The predicted octanol–water partition coefficient (Wildman–Crippen LogP) is 3.00. The number of fused-ring (bicyclic) bond motifs is 2. The highest BCUT2D eigenvalue weighted by Gasteiger charge is 2.35. The van der Waals surface area contributed by atoms with Gasteiger partial charge in [-0.05, 0) is 68.4 Å². The minimum Gasteiger partial charge on any atom is -0.479 e. The third-order valence-electron chi connectivity index (χ3n) is 6.96. The quantitative estimate of drug-likeness (QED) is 0.696. The smallest absolute Gasteiger partial charge is 0.265 e. The zero-order chi connectivity index (χ0) is 23.9. The zero-order valence-electron chi connectivity index (χ0n) is 19.1. The van der Waals surface area contributed by atoms with Gasteiger partial charge in [0.05, 0.1) is 22.5 Å². The van der Waals surface area contributed by atoms with Crippen molar-refractivity contribution < 1.29 is 22.7 Å². The molecule has 2 heterocycles. The van der Waals surface area contributed by atoms with Gasteiger partial charge in [0.25, 0.3) is 5.91 Å². The topological polar surface area (TPSA) is 105 Å². The van der Waals surface area contributed by atoms with Gasteiger partial charge in [0.15, 0.2) is 6.10 Å². The van der Waals surface area contributed by atoms with Gasteiger partial charge >= 0.3 is 0 Å². The molecule has 9 heteroatoms. The van der Waals surface area contributed by atoms with E-state index in [-0.39, 0.29) is 29.3 Å². The van der Waals surface area contributed by atoms with Crippen LogP contribution in [0, 0.1) is 5.92 Å². The van der Waals surface area contributed by atoms with Gasteiger partial charge in [0, 0.05) is 13.1 Å². The van der Waals surface area contributed by atoms with Crippen molar-refractivity contribution >= 4 is 27.5 Å². The van der Waals surface area contributed by atoms with Crippen molar-refractivity contribution in [2.75, 3.05) is 18.4 Å². The highest BCUT2D eigenvalue weighted by molar-refractivity contribution is 7.89. The summed E-state index contributed by atoms with van der Waals surface area (Å²) in [6, 6.07) is 12.6. The van der Waals surface area contributed by atoms with Crippen molar-refractivity contribution in [2.45, 2.75) is 56.1 Å². The summed E-state index contributed by atoms with van der Waals surface area (Å²) in [5.74, 6) is -0.378. The van der Waals surface area contributed by atoms with Gasteiger partial charge in [-0.1, -0.05) is 24.3 Å². The molecule has 3 aliphatic rings. The standard InChI is InChI=1S/C25H29N3O5S/c1-16-24(29)27-22-14-19(11-12-23(22)33-16)34(31,32)28-13-5-8-18(15-28)25(30)26-21-10-4-7-17-6-2-3-9-20(17)21/h2-3,6,9,11-12,14,16,18,21H,4-5,7-8,10,13,15H2,1H3,(H,26,30)(H,27,29)/t16-,18+,21-/m0/s1. The summed E-state index contributed by atoms with van der Waals surface area (Å²) < 4.78 is 33.7. The van der Waals surface area contributed by atoms with Crippen LogP contribution in [0.15, 0.2) is 47.4 Å². The zero-order valence-corrected chi connectivity index (χ0v) is 19.9. The second kappa shape index (κ2) is 9.03. The molecule has 1 saturated heterocycles. The third kappa shape index (κ3) is 4.30. The van der Waals surface area contributed by atoms with Crippen LogP contribution in [0.3, 0.4) is 0 Å². The first-order valence-corrected chi connectivity index (χ1v) is 13.3. The number of carbonyl (C=O) groups excluding carboxylic acids is 2. The van der Waals surface area contributed by atoms with Crippen molar-refractivity contribution in [3.8, 4) is 5.75 Å². The molecule has 0 aromatic heterocycles. The molecule has 2 aliphatic heterocycles. The fourth-order valence-electron chi connectivity index (χ4n) is 5.07. The van der Waals surface area contributed by atoms with E-state index in [1.54, 1.807) is 13.0 Å². The van der Waals surface area contributed by atoms with Crippen LogP contribution in [0.4, 0.5) is 5.69 Å². The maximum absolute atomic E-state index is 13.4. The summed E-state index contributed by atoms with van der Waals surface area (Å²) in [6.07, 6.45) is 3.55. The van der Waals surface area contributed by atoms with Gasteiger partial charge in [-0.2, -0.15) is 4.31 Å². The Morgan fingerprint density at radius 2 is 1.97 bits per heavy atom. The first-order valence-electron chi connectivity index (χ1n) is 11.8. The summed E-state index contributed by atoms with van der Waals surface area (Å²) in [5.41, 5.74) is 2.77. The fourth-order valence-corrected chi connectivity index (χ4v) is 6.62. The normalized spacial score (nSPS) is 24.9. The van der Waals surface area contributed by atoms with Crippen molar-refractivity contribution in [2.24, 2.45) is 5.92 Å². The average Bonchev–Trinajstić information content (AvgIpc) is 2.85. The lowest BCUT2D eigenvalue weighted by Gasteiger charge is -2.33. The number of nitrogens with zero attached hydrogens (tertiary/aromatic N) is 1. The summed E-state index contributed by atoms with van der Waals surface area (Å²) in [6.45, 7) is 2.13. The SMILES string of the molecule is C[C@@H]1Oc2ccc(S(=O)(=O)N3CCC[C@@H](C(=O)N[C@H]4CCCc5ccccc54)C3)cc2NC1=O. The number of rotatable bonds is 4. The minimum atomic E-state index is -3.83. The molecule has 0 saturated carbocycles. The first-order chi connectivity index (χ1) is 16.3. The van der Waals surface area contributed by atoms with E-state index in [0.29, 0.717) is 30.8 Å². The number of hydrogen-bond donors (Lipinski definition) is 2. The molecule has 34 heavy (non-hydrogen) atoms. The molecule has 2 aromatic carbocycles. The van der Waals surface area contributed by atoms with Gasteiger partial charge < -0.3 is 15.4 Å². The lowest BCUT2D eigenvalue weighted by Crippen LogP contribution is -2.46. The predicted molar refractivity (Wildman–Crippen MR) is 127 cm³/mol. The highest BCUT2D eigenvalue weighted by Crippen LogP contribution is 2.34. The average molecular weight is 484 g/mol. The Bertz CT molecular complexity index is 1230. The van der Waals surface area contributed by atoms with E-state index in [9.17, 15) is 18.0 Å². The van der Waals surface area contributed by atoms with Crippen molar-refractivity contribution in [1.29, 1.82) is 0 Å². The molecular formula is C25H29N3O5S. The minimum absolute atomic E-state index is 0.0314. The maximum Gasteiger partial charge on any atom is 0.265 e. The largest absolute Gasteiger partial charge is 0.479 e. The molecule has 2 amide bonds. The molecule has 5 rings (SSSR count). The molecular weight excluding hydrogens is 454 g/mol. The molecule has 0 bridgehead atoms. The first kappa shape index (κ1) is 22.9. The molecule has 2 aromatic rings. The Labute approximate surface area is 199 Å². The number of anilines is 1. The monoisotopic (exact) mass is 483 g/mol. The molecule has 8 nitrogen and oxygen atoms in total. The van der Waals surface area contributed by atoms with E-state index in [0.717, 1.165) is 24.8 Å². The fraction of sp³-hybridized carbons (Fsp3) is 0.440. The van der Waals surface area contributed by atoms with Crippen LogP contribution in [-0.4, -0.2) is 43.7 Å². The number of piperidine rings is 1. The second-order valence-electron chi connectivity index (χ2n) is 9.26. The van der Waals surface area contributed by atoms with Crippen LogP contribution in [0.2, 0.25) is 0 Å². The van der Waals surface area contributed by atoms with E-state index in [1.165, 1.54) is 22.0 Å². The highest BCUT2D eigenvalue weighted by atomic mass is 32.2. The number of carbonyl (C=O) groups is 2. The molecule has 0 spiro atoms. The lowest BCUT2D eigenvalue weighted by atomic mass is 9.87. The molecule has 3 atom stereocenters. The van der Waals surface area contributed by atoms with Crippen molar-refractivity contribution in [3.63, 3.8) is 0 Å². The van der Waals surface area contributed by atoms with E-state index in [4.69, 9.17) is 4.74 Å². The van der Waals surface area contributed by atoms with Crippen LogP contribution in [0.5, 0.6) is 5.75 Å². The van der Waals surface area contributed by atoms with E-state index in [1.807, 2.05) is 12.1 Å². The van der Waals surface area contributed by atoms with Crippen LogP contribution in [0.1, 0.15) is 49.8 Å². The van der Waals surface area contributed by atoms with Crippen LogP contribution in [-0.2, 0) is 26.0 Å². The van der Waals surface area contributed by atoms with Crippen LogP contribution in [0.25, 0.3) is 0 Å². The lowest BCUT2D eigenvalue weighted by molar-refractivity contribution is -0.127. The summed E-state index contributed by atoms with van der Waals surface area (Å²) in [7, 11) is -3.83. The van der Waals surface area contributed by atoms with Crippen molar-refractivity contribution in [1.82, 2.24) is 9.62 Å². The Hall–Kier alpha value is -2.91. The Morgan fingerprint density at radius 3 is 2.82 bits per heavy atom. The number of ether oxygens (including phenoxy) is 1. The van der Waals surface area contributed by atoms with E-state index in [2.05, 4.69) is 22.8 Å². The van der Waals surface area contributed by atoms with E-state index >= 15 is 0 Å². The number of amides is 2. The van der Waals surface area contributed by atoms with Gasteiger partial charge in [-0.25, -0.2) is 8.42 Å². The van der Waals surface area contributed by atoms with Crippen molar-refractivity contribution in [3.05, 3.63) is 53.6 Å². The molecule has 1 fully saturated rings. The number of benzene rings is 2. The summed E-state index contributed by atoms with van der Waals surface area (Å²) in [4.78, 5) is 25.2. The van der Waals surface area contributed by atoms with Crippen LogP contribution >= 0.6 is 0 Å². The number of hydrogen-bond acceptors (Lipinski definition) is 5. The number of nitrogens with one attached hydrogen (secondary N) is 2. The maximum atomic E-state index is 13.4. The number of aryl methyl sites for hydroxylation is 1. The third-order valence-corrected chi connectivity index (χ3v) is 8.82. The molecule has 180 valence electrons. The van der Waals surface area contributed by atoms with Gasteiger partial charge in [-0.3, -0.25) is 9.59 Å². The molecule has 0 radical (unpaired) electrons. The van der Waals surface area contributed by atoms with Gasteiger partial charge in [0.2, 0.25) is 15.9 Å². The summed E-state index contributed by atoms with van der Waals surface area (Å²) in [5, 5.41) is 5.88. The van der Waals surface area contributed by atoms with Gasteiger partial charge in [-0.15, -0.1) is 0 Å². The van der Waals surface area contributed by atoms with Gasteiger partial charge in [0.1, 0.15) is 5.75 Å². The molecule has 0 unspecified atom stereocenters.